The SMILES string of the molecule is C=CCN1C(=S)NC2c3cccc(OCC)c3OC1(C)C2C. The highest BCUT2D eigenvalue weighted by Gasteiger charge is 2.53. The molecule has 2 aliphatic rings. The number of nitrogens with zero attached hydrogens (tertiary/aromatic N) is 1. The van der Waals surface area contributed by atoms with Gasteiger partial charge in [0.2, 0.25) is 0 Å². The van der Waals surface area contributed by atoms with Crippen LogP contribution < -0.4 is 14.8 Å². The van der Waals surface area contributed by atoms with Crippen molar-refractivity contribution in [3.05, 3.63) is 36.4 Å². The predicted molar refractivity (Wildman–Crippen MR) is 91.2 cm³/mol. The van der Waals surface area contributed by atoms with Crippen molar-refractivity contribution in [1.29, 1.82) is 0 Å². The Balaban J connectivity index is 2.11. The quantitative estimate of drug-likeness (QED) is 0.681. The molecule has 1 aromatic carbocycles. The van der Waals surface area contributed by atoms with Crippen molar-refractivity contribution >= 4 is 17.3 Å². The maximum Gasteiger partial charge on any atom is 0.187 e. The first-order valence-electron chi connectivity index (χ1n) is 7.66. The van der Waals surface area contributed by atoms with Gasteiger partial charge in [-0.3, -0.25) is 0 Å². The summed E-state index contributed by atoms with van der Waals surface area (Å²) in [5.74, 6) is 1.85. The Hall–Kier alpha value is -1.75. The second-order valence-electron chi connectivity index (χ2n) is 5.88. The van der Waals surface area contributed by atoms with Gasteiger partial charge in [0.05, 0.1) is 12.6 Å². The lowest BCUT2D eigenvalue weighted by Crippen LogP contribution is -2.68. The molecule has 4 nitrogen and oxygen atoms in total. The van der Waals surface area contributed by atoms with Crippen LogP contribution in [-0.4, -0.2) is 28.9 Å². The molecule has 1 aromatic rings. The largest absolute Gasteiger partial charge is 0.490 e. The first-order valence-corrected chi connectivity index (χ1v) is 8.07. The van der Waals surface area contributed by atoms with Crippen LogP contribution in [0.25, 0.3) is 0 Å². The van der Waals surface area contributed by atoms with E-state index in [0.29, 0.717) is 18.3 Å². The van der Waals surface area contributed by atoms with Crippen molar-refractivity contribution in [3.63, 3.8) is 0 Å². The summed E-state index contributed by atoms with van der Waals surface area (Å²) in [6.45, 7) is 11.3. The molecule has 5 heteroatoms. The molecule has 22 heavy (non-hydrogen) atoms. The molecule has 3 rings (SSSR count). The van der Waals surface area contributed by atoms with E-state index in [1.54, 1.807) is 0 Å². The van der Waals surface area contributed by atoms with Crippen molar-refractivity contribution in [2.75, 3.05) is 13.2 Å². The van der Waals surface area contributed by atoms with E-state index >= 15 is 0 Å². The molecule has 0 aromatic heterocycles. The molecular formula is C17H22N2O2S. The summed E-state index contributed by atoms with van der Waals surface area (Å²) >= 11 is 5.54. The Morgan fingerprint density at radius 2 is 2.32 bits per heavy atom. The maximum atomic E-state index is 6.45. The summed E-state index contributed by atoms with van der Waals surface area (Å²) in [6.07, 6.45) is 1.85. The van der Waals surface area contributed by atoms with Crippen molar-refractivity contribution in [3.8, 4) is 11.5 Å². The molecule has 0 amide bonds. The van der Waals surface area contributed by atoms with Gasteiger partial charge in [0.15, 0.2) is 22.3 Å². The lowest BCUT2D eigenvalue weighted by molar-refractivity contribution is -0.107. The van der Waals surface area contributed by atoms with Crippen molar-refractivity contribution in [2.45, 2.75) is 32.5 Å². The average molecular weight is 318 g/mol. The Bertz CT molecular complexity index is 619. The fourth-order valence-corrected chi connectivity index (χ4v) is 3.73. The lowest BCUT2D eigenvalue weighted by Gasteiger charge is -2.56. The van der Waals surface area contributed by atoms with Crippen LogP contribution in [0.1, 0.15) is 32.4 Å². The zero-order valence-corrected chi connectivity index (χ0v) is 14.1. The van der Waals surface area contributed by atoms with Crippen LogP contribution in [0.3, 0.4) is 0 Å². The van der Waals surface area contributed by atoms with Crippen molar-refractivity contribution < 1.29 is 9.47 Å². The Morgan fingerprint density at radius 3 is 3.00 bits per heavy atom. The van der Waals surface area contributed by atoms with E-state index in [1.807, 2.05) is 25.1 Å². The van der Waals surface area contributed by atoms with Crippen LogP contribution in [0.15, 0.2) is 30.9 Å². The fourth-order valence-electron chi connectivity index (χ4n) is 3.34. The molecule has 1 N–H and O–H groups in total. The highest BCUT2D eigenvalue weighted by atomic mass is 32.1. The fraction of sp³-hybridized carbons (Fsp3) is 0.471. The van der Waals surface area contributed by atoms with E-state index < -0.39 is 5.72 Å². The number of fused-ring (bicyclic) bond motifs is 4. The Kier molecular flexibility index (Phi) is 3.77. The highest BCUT2D eigenvalue weighted by Crippen LogP contribution is 2.50. The molecule has 0 spiro atoms. The number of hydrogen-bond donors (Lipinski definition) is 1. The standard InChI is InChI=1S/C17H22N2O2S/c1-5-10-19-16(22)18-14-11(3)17(19,4)21-15-12(14)8-7-9-13(15)20-6-2/h5,7-9,11,14H,1,6,10H2,2-4H3,(H,18,22). The molecule has 1 saturated heterocycles. The molecule has 0 radical (unpaired) electrons. The normalized spacial score (nSPS) is 29.2. The second-order valence-corrected chi connectivity index (χ2v) is 6.27. The monoisotopic (exact) mass is 318 g/mol. The number of ether oxygens (including phenoxy) is 2. The van der Waals surface area contributed by atoms with Crippen LogP contribution in [0.4, 0.5) is 0 Å². The zero-order chi connectivity index (χ0) is 15.9. The summed E-state index contributed by atoms with van der Waals surface area (Å²) in [6, 6.07) is 6.16. The van der Waals surface area contributed by atoms with Gasteiger partial charge in [0.1, 0.15) is 0 Å². The van der Waals surface area contributed by atoms with Crippen LogP contribution in [0.5, 0.6) is 11.5 Å². The van der Waals surface area contributed by atoms with Gasteiger partial charge in [-0.15, -0.1) is 6.58 Å². The Labute approximate surface area is 137 Å². The minimum atomic E-state index is -0.513. The molecule has 2 aliphatic heterocycles. The van der Waals surface area contributed by atoms with Crippen LogP contribution in [0, 0.1) is 5.92 Å². The van der Waals surface area contributed by atoms with E-state index in [1.165, 1.54) is 0 Å². The van der Waals surface area contributed by atoms with Crippen LogP contribution in [-0.2, 0) is 0 Å². The number of nitrogens with one attached hydrogen (secondary N) is 1. The predicted octanol–water partition coefficient (Wildman–Crippen LogP) is 3.25. The number of thiocarbonyl (C=S) groups is 1. The molecule has 0 saturated carbocycles. The van der Waals surface area contributed by atoms with Gasteiger partial charge in [-0.05, 0) is 32.1 Å². The first-order chi connectivity index (χ1) is 10.5. The van der Waals surface area contributed by atoms with Gasteiger partial charge in [0.25, 0.3) is 0 Å². The van der Waals surface area contributed by atoms with E-state index in [9.17, 15) is 0 Å². The zero-order valence-electron chi connectivity index (χ0n) is 13.3. The number of benzene rings is 1. The molecular weight excluding hydrogens is 296 g/mol. The molecule has 0 aliphatic carbocycles. The molecule has 2 bridgehead atoms. The number of hydrogen-bond acceptors (Lipinski definition) is 3. The van der Waals surface area contributed by atoms with Crippen LogP contribution >= 0.6 is 12.2 Å². The van der Waals surface area contributed by atoms with Crippen molar-refractivity contribution in [1.82, 2.24) is 10.2 Å². The van der Waals surface area contributed by atoms with Crippen molar-refractivity contribution in [2.24, 2.45) is 5.92 Å². The van der Waals surface area contributed by atoms with E-state index in [4.69, 9.17) is 21.7 Å². The molecule has 2 heterocycles. The van der Waals surface area contributed by atoms with Gasteiger partial charge in [0, 0.05) is 18.0 Å². The smallest absolute Gasteiger partial charge is 0.187 e. The first kappa shape index (κ1) is 15.2. The third kappa shape index (κ3) is 2.07. The maximum absolute atomic E-state index is 6.45. The second kappa shape index (κ2) is 5.47. The third-order valence-corrected chi connectivity index (χ3v) is 5.01. The summed E-state index contributed by atoms with van der Waals surface area (Å²) in [4.78, 5) is 2.06. The number of para-hydroxylation sites is 1. The van der Waals surface area contributed by atoms with E-state index in [0.717, 1.165) is 17.1 Å². The van der Waals surface area contributed by atoms with E-state index in [-0.39, 0.29) is 12.0 Å². The minimum absolute atomic E-state index is 0.128. The summed E-state index contributed by atoms with van der Waals surface area (Å²) in [5.41, 5.74) is 0.595. The molecule has 118 valence electrons. The van der Waals surface area contributed by atoms with Gasteiger partial charge in [-0.1, -0.05) is 25.1 Å². The van der Waals surface area contributed by atoms with Gasteiger partial charge in [-0.2, -0.15) is 0 Å². The minimum Gasteiger partial charge on any atom is -0.490 e. The highest BCUT2D eigenvalue weighted by molar-refractivity contribution is 7.80. The van der Waals surface area contributed by atoms with Gasteiger partial charge in [-0.25, -0.2) is 0 Å². The number of rotatable bonds is 4. The average Bonchev–Trinajstić information content (AvgIpc) is 2.49. The lowest BCUT2D eigenvalue weighted by atomic mass is 9.81. The summed E-state index contributed by atoms with van der Waals surface area (Å²) in [5, 5.41) is 4.16. The van der Waals surface area contributed by atoms with Gasteiger partial charge >= 0.3 is 0 Å². The molecule has 3 atom stereocenters. The third-order valence-electron chi connectivity index (χ3n) is 4.67. The summed E-state index contributed by atoms with van der Waals surface area (Å²) < 4.78 is 12.2. The van der Waals surface area contributed by atoms with Gasteiger partial charge < -0.3 is 19.7 Å². The molecule has 1 fully saturated rings. The van der Waals surface area contributed by atoms with Crippen LogP contribution in [0.2, 0.25) is 0 Å². The Morgan fingerprint density at radius 1 is 1.55 bits per heavy atom. The summed E-state index contributed by atoms with van der Waals surface area (Å²) in [7, 11) is 0. The van der Waals surface area contributed by atoms with E-state index in [2.05, 4.69) is 36.7 Å². The molecule has 3 unspecified atom stereocenters. The topological polar surface area (TPSA) is 33.7 Å².